The molecule has 0 radical (unpaired) electrons. The Balaban J connectivity index is 2.06. The molecule has 0 saturated carbocycles. The van der Waals surface area contributed by atoms with E-state index >= 15 is 0 Å². The van der Waals surface area contributed by atoms with Gasteiger partial charge in [-0.3, -0.25) is 9.59 Å². The molecule has 4 rings (SSSR count). The quantitative estimate of drug-likeness (QED) is 0.756. The van der Waals surface area contributed by atoms with Gasteiger partial charge in [-0.1, -0.05) is 32.0 Å². The summed E-state index contributed by atoms with van der Waals surface area (Å²) in [5.41, 5.74) is 5.25. The molecule has 0 fully saturated rings. The summed E-state index contributed by atoms with van der Waals surface area (Å²) < 4.78 is 10.8. The van der Waals surface area contributed by atoms with E-state index in [-0.39, 0.29) is 41.3 Å². The highest BCUT2D eigenvalue weighted by Crippen LogP contribution is 2.55. The third-order valence-electron chi connectivity index (χ3n) is 5.47. The number of ketones is 1. The average Bonchev–Trinajstić information content (AvgIpc) is 2.86. The number of hydrogen-bond acceptors (Lipinski definition) is 6. The summed E-state index contributed by atoms with van der Waals surface area (Å²) in [5, 5.41) is 2.86. The number of ether oxygens (including phenoxy) is 2. The zero-order valence-corrected chi connectivity index (χ0v) is 16.0. The number of Topliss-reactive ketones (excluding diaryl/α,β-unsaturated/α-hetero) is 1. The molecule has 1 aliphatic carbocycles. The second kappa shape index (κ2) is 5.95. The van der Waals surface area contributed by atoms with E-state index in [2.05, 4.69) is 5.32 Å². The fourth-order valence-electron chi connectivity index (χ4n) is 4.51. The zero-order chi connectivity index (χ0) is 20.3. The molecule has 28 heavy (non-hydrogen) atoms. The topological polar surface area (TPSA) is 108 Å². The third-order valence-corrected chi connectivity index (χ3v) is 5.47. The number of nitrogens with one attached hydrogen (secondary N) is 1. The number of nitrogens with two attached hydrogens (primary N) is 1. The maximum absolute atomic E-state index is 13.4. The van der Waals surface area contributed by atoms with Gasteiger partial charge in [-0.2, -0.15) is 0 Å². The van der Waals surface area contributed by atoms with Gasteiger partial charge in [-0.25, -0.2) is 4.79 Å². The summed E-state index contributed by atoms with van der Waals surface area (Å²) in [6.45, 7) is 5.70. The van der Waals surface area contributed by atoms with E-state index in [9.17, 15) is 14.4 Å². The van der Waals surface area contributed by atoms with Gasteiger partial charge in [0.2, 0.25) is 11.8 Å². The predicted octanol–water partition coefficient (Wildman–Crippen LogP) is 1.82. The van der Waals surface area contributed by atoms with Gasteiger partial charge in [0, 0.05) is 23.3 Å². The highest BCUT2D eigenvalue weighted by Gasteiger charge is 2.62. The van der Waals surface area contributed by atoms with Crippen molar-refractivity contribution in [1.29, 1.82) is 0 Å². The smallest absolute Gasteiger partial charge is 0.341 e. The first-order valence-corrected chi connectivity index (χ1v) is 9.25. The van der Waals surface area contributed by atoms with Gasteiger partial charge in [0.05, 0.1) is 6.61 Å². The molecule has 146 valence electrons. The first-order chi connectivity index (χ1) is 13.2. The number of para-hydroxylation sites is 1. The van der Waals surface area contributed by atoms with Crippen LogP contribution >= 0.6 is 0 Å². The summed E-state index contributed by atoms with van der Waals surface area (Å²) in [6, 6.07) is 6.82. The maximum atomic E-state index is 13.4. The minimum Gasteiger partial charge on any atom is -0.462 e. The zero-order valence-electron chi connectivity index (χ0n) is 16.0. The Bertz CT molecular complexity index is 988. The lowest BCUT2D eigenvalue weighted by molar-refractivity contribution is -0.141. The van der Waals surface area contributed by atoms with Crippen LogP contribution in [0.15, 0.2) is 47.0 Å². The molecule has 7 heteroatoms. The number of amides is 1. The van der Waals surface area contributed by atoms with Gasteiger partial charge < -0.3 is 20.5 Å². The van der Waals surface area contributed by atoms with Gasteiger partial charge >= 0.3 is 5.97 Å². The van der Waals surface area contributed by atoms with Gasteiger partial charge in [0.15, 0.2) is 5.78 Å². The Morgan fingerprint density at radius 2 is 1.96 bits per heavy atom. The fourth-order valence-corrected chi connectivity index (χ4v) is 4.51. The molecule has 1 unspecified atom stereocenters. The third kappa shape index (κ3) is 2.32. The van der Waals surface area contributed by atoms with Crippen molar-refractivity contribution in [3.8, 4) is 5.75 Å². The van der Waals surface area contributed by atoms with Crippen LogP contribution in [0.3, 0.4) is 0 Å². The van der Waals surface area contributed by atoms with Crippen molar-refractivity contribution < 1.29 is 23.9 Å². The largest absolute Gasteiger partial charge is 0.462 e. The van der Waals surface area contributed by atoms with Crippen LogP contribution < -0.4 is 15.8 Å². The summed E-state index contributed by atoms with van der Waals surface area (Å²) in [5.74, 6) is -1.31. The minimum atomic E-state index is -1.66. The van der Waals surface area contributed by atoms with Crippen molar-refractivity contribution in [3.63, 3.8) is 0 Å². The van der Waals surface area contributed by atoms with Gasteiger partial charge in [0.1, 0.15) is 16.7 Å². The fraction of sp³-hybridized carbons (Fsp3) is 0.381. The first-order valence-electron chi connectivity index (χ1n) is 9.25. The molecule has 2 aliphatic heterocycles. The molecule has 0 aromatic heterocycles. The maximum Gasteiger partial charge on any atom is 0.341 e. The number of benzene rings is 1. The number of rotatable bonds is 2. The minimum absolute atomic E-state index is 0.0990. The summed E-state index contributed by atoms with van der Waals surface area (Å²) >= 11 is 0. The average molecular weight is 382 g/mol. The molecule has 3 N–H and O–H groups in total. The number of carbonyl (C=O) groups is 3. The van der Waals surface area contributed by atoms with E-state index < -0.39 is 17.3 Å². The molecule has 1 spiro atoms. The van der Waals surface area contributed by atoms with Crippen molar-refractivity contribution in [1.82, 2.24) is 5.32 Å². The molecule has 1 aromatic carbocycles. The molecule has 7 nitrogen and oxygen atoms in total. The molecular formula is C21H22N2O5. The molecule has 3 aliphatic rings. The summed E-state index contributed by atoms with van der Waals surface area (Å²) in [4.78, 5) is 39.6. The highest BCUT2D eigenvalue weighted by atomic mass is 16.5. The molecule has 1 atom stereocenters. The van der Waals surface area contributed by atoms with Gasteiger partial charge in [-0.15, -0.1) is 0 Å². The normalized spacial score (nSPS) is 25.2. The number of carbonyl (C=O) groups excluding carboxylic acids is 3. The number of hydrogen-bond donors (Lipinski definition) is 2. The first kappa shape index (κ1) is 18.3. The van der Waals surface area contributed by atoms with Crippen LogP contribution in [-0.2, 0) is 24.5 Å². The number of allylic oxidation sites excluding steroid dienone is 1. The van der Waals surface area contributed by atoms with Crippen molar-refractivity contribution in [3.05, 3.63) is 52.6 Å². The summed E-state index contributed by atoms with van der Waals surface area (Å²) in [7, 11) is 0. The van der Waals surface area contributed by atoms with Crippen molar-refractivity contribution >= 4 is 17.7 Å². The van der Waals surface area contributed by atoms with Gasteiger partial charge in [-0.05, 0) is 24.8 Å². The highest BCUT2D eigenvalue weighted by molar-refractivity contribution is 6.19. The standard InChI is InChI=1S/C21H22N2O5/c1-4-27-18(25)16-17(22)28-14-8-6-5-7-11(14)21(16)15-12(23-19(21)26)9-20(2,3)10-13(15)24/h5-8H,4,9-10,22H2,1-3H3,(H,23,26). The van der Waals surface area contributed by atoms with Crippen LogP contribution in [0, 0.1) is 5.41 Å². The lowest BCUT2D eigenvalue weighted by Gasteiger charge is -2.38. The van der Waals surface area contributed by atoms with Crippen molar-refractivity contribution in [2.45, 2.75) is 39.0 Å². The van der Waals surface area contributed by atoms with Crippen LogP contribution in [-0.4, -0.2) is 24.3 Å². The van der Waals surface area contributed by atoms with E-state index in [1.165, 1.54) is 0 Å². The molecular weight excluding hydrogens is 360 g/mol. The molecule has 2 heterocycles. The Labute approximate surface area is 162 Å². The van der Waals surface area contributed by atoms with Gasteiger partial charge in [0.25, 0.3) is 0 Å². The van der Waals surface area contributed by atoms with E-state index in [4.69, 9.17) is 15.2 Å². The number of fused-ring (bicyclic) bond motifs is 3. The second-order valence-corrected chi connectivity index (χ2v) is 8.06. The van der Waals surface area contributed by atoms with E-state index in [0.29, 0.717) is 23.4 Å². The lowest BCUT2D eigenvalue weighted by Crippen LogP contribution is -2.49. The molecule has 0 bridgehead atoms. The Hall–Kier alpha value is -3.09. The van der Waals surface area contributed by atoms with Crippen molar-refractivity contribution in [2.24, 2.45) is 11.1 Å². The Kier molecular flexibility index (Phi) is 3.89. The molecule has 0 saturated heterocycles. The SMILES string of the molecule is CCOC(=O)C1=C(N)Oc2ccccc2C12C(=O)NC1=C2C(=O)CC(C)(C)C1. The monoisotopic (exact) mass is 382 g/mol. The van der Waals surface area contributed by atoms with E-state index in [1.54, 1.807) is 31.2 Å². The Morgan fingerprint density at radius 3 is 2.68 bits per heavy atom. The van der Waals surface area contributed by atoms with Crippen LogP contribution in [0.4, 0.5) is 0 Å². The van der Waals surface area contributed by atoms with Crippen LogP contribution in [0.2, 0.25) is 0 Å². The van der Waals surface area contributed by atoms with E-state index in [0.717, 1.165) is 0 Å². The lowest BCUT2D eigenvalue weighted by atomic mass is 9.63. The second-order valence-electron chi connectivity index (χ2n) is 8.06. The summed E-state index contributed by atoms with van der Waals surface area (Å²) in [6.07, 6.45) is 0.780. The Morgan fingerprint density at radius 1 is 1.25 bits per heavy atom. The van der Waals surface area contributed by atoms with Crippen molar-refractivity contribution in [2.75, 3.05) is 6.61 Å². The van der Waals surface area contributed by atoms with Crippen LogP contribution in [0.5, 0.6) is 5.75 Å². The van der Waals surface area contributed by atoms with Crippen LogP contribution in [0.1, 0.15) is 39.2 Å². The number of esters is 1. The molecule has 1 aromatic rings. The molecule has 1 amide bonds. The predicted molar refractivity (Wildman–Crippen MR) is 99.8 cm³/mol. The van der Waals surface area contributed by atoms with E-state index in [1.807, 2.05) is 13.8 Å². The van der Waals surface area contributed by atoms with Crippen LogP contribution in [0.25, 0.3) is 0 Å².